The topological polar surface area (TPSA) is 38.4 Å². The molecule has 0 amide bonds. The van der Waals surface area contributed by atoms with Gasteiger partial charge in [0.1, 0.15) is 0 Å². The van der Waals surface area contributed by atoms with E-state index < -0.39 is 11.7 Å². The molecule has 5 heteroatoms. The van der Waals surface area contributed by atoms with Gasteiger partial charge in [0.05, 0.1) is 5.56 Å². The van der Waals surface area contributed by atoms with Crippen LogP contribution in [0.5, 0.6) is 0 Å². The Morgan fingerprint density at radius 3 is 2.25 bits per heavy atom. The second kappa shape index (κ2) is 11.8. The number of benzene rings is 1. The van der Waals surface area contributed by atoms with Gasteiger partial charge in [0.25, 0.3) is 0 Å². The summed E-state index contributed by atoms with van der Waals surface area (Å²) in [6, 6.07) is 3.82. The first-order valence-corrected chi connectivity index (χ1v) is 8.37. The van der Waals surface area contributed by atoms with E-state index in [0.717, 1.165) is 12.1 Å². The van der Waals surface area contributed by atoms with Crippen LogP contribution in [0.15, 0.2) is 35.3 Å². The van der Waals surface area contributed by atoms with Crippen LogP contribution in [-0.2, 0) is 12.7 Å². The summed E-state index contributed by atoms with van der Waals surface area (Å²) in [6.07, 6.45) is 3.79. The predicted molar refractivity (Wildman–Crippen MR) is 96.4 cm³/mol. The lowest BCUT2D eigenvalue weighted by atomic mass is 10.0. The molecule has 0 aliphatic heterocycles. The maximum atomic E-state index is 12.7. The molecule has 0 heterocycles. The van der Waals surface area contributed by atoms with E-state index in [1.54, 1.807) is 13.0 Å². The second-order valence-electron chi connectivity index (χ2n) is 5.35. The maximum Gasteiger partial charge on any atom is 0.416 e. The average molecular weight is 342 g/mol. The van der Waals surface area contributed by atoms with Gasteiger partial charge in [0.15, 0.2) is 0 Å². The van der Waals surface area contributed by atoms with Gasteiger partial charge in [-0.25, -0.2) is 0 Å². The van der Waals surface area contributed by atoms with Crippen LogP contribution in [0.2, 0.25) is 0 Å². The van der Waals surface area contributed by atoms with Crippen LogP contribution in [0.1, 0.15) is 63.6 Å². The highest BCUT2D eigenvalue weighted by Gasteiger charge is 2.31. The van der Waals surface area contributed by atoms with Crippen molar-refractivity contribution in [3.05, 3.63) is 47.0 Å². The molecule has 0 saturated carbocycles. The van der Waals surface area contributed by atoms with Crippen molar-refractivity contribution >= 4 is 5.71 Å². The van der Waals surface area contributed by atoms with E-state index in [4.69, 9.17) is 5.73 Å². The van der Waals surface area contributed by atoms with Crippen molar-refractivity contribution in [2.45, 2.75) is 59.7 Å². The number of nitrogens with two attached hydrogens (primary N) is 1. The van der Waals surface area contributed by atoms with Gasteiger partial charge in [-0.05, 0) is 56.0 Å². The molecule has 0 spiro atoms. The maximum absolute atomic E-state index is 12.7. The number of hydrogen-bond donors (Lipinski definition) is 1. The van der Waals surface area contributed by atoms with Gasteiger partial charge < -0.3 is 5.73 Å². The van der Waals surface area contributed by atoms with E-state index in [0.29, 0.717) is 23.4 Å². The molecule has 1 aromatic rings. The molecule has 0 fully saturated rings. The minimum absolute atomic E-state index is 0.0797. The normalized spacial score (nSPS) is 12.2. The van der Waals surface area contributed by atoms with Gasteiger partial charge in [-0.3, -0.25) is 4.99 Å². The molecule has 1 rings (SSSR count). The fourth-order valence-electron chi connectivity index (χ4n) is 1.96. The molecule has 24 heavy (non-hydrogen) atoms. The number of unbranched alkanes of at least 4 members (excludes halogenated alkanes) is 1. The van der Waals surface area contributed by atoms with Crippen molar-refractivity contribution in [2.75, 3.05) is 6.54 Å². The fourth-order valence-corrected chi connectivity index (χ4v) is 1.96. The Morgan fingerprint density at radius 1 is 1.12 bits per heavy atom. The Kier molecular flexibility index (Phi) is 11.0. The fraction of sp³-hybridized carbons (Fsp3) is 0.526. The first kappa shape index (κ1) is 22.4. The quantitative estimate of drug-likeness (QED) is 0.519. The second-order valence-corrected chi connectivity index (χ2v) is 5.35. The van der Waals surface area contributed by atoms with Crippen LogP contribution in [-0.4, -0.2) is 12.3 Å². The number of hydrogen-bond acceptors (Lipinski definition) is 2. The minimum atomic E-state index is -4.35. The van der Waals surface area contributed by atoms with Crippen LogP contribution in [0, 0.1) is 0 Å². The zero-order chi connectivity index (χ0) is 18.6. The van der Waals surface area contributed by atoms with Crippen molar-refractivity contribution in [3.8, 4) is 0 Å². The van der Waals surface area contributed by atoms with E-state index in [1.165, 1.54) is 19.3 Å². The van der Waals surface area contributed by atoms with Crippen molar-refractivity contribution in [3.63, 3.8) is 0 Å². The summed E-state index contributed by atoms with van der Waals surface area (Å²) in [4.78, 5) is 4.10. The number of aliphatic imine (C=N–C) groups is 1. The third kappa shape index (κ3) is 8.87. The lowest BCUT2D eigenvalue weighted by molar-refractivity contribution is -0.137. The summed E-state index contributed by atoms with van der Waals surface area (Å²) in [5, 5.41) is 0. The Hall–Kier alpha value is -1.62. The minimum Gasteiger partial charge on any atom is -0.326 e. The predicted octanol–water partition coefficient (Wildman–Crippen LogP) is 5.75. The number of alkyl halides is 3. The summed E-state index contributed by atoms with van der Waals surface area (Å²) in [5.74, 6) is 0. The van der Waals surface area contributed by atoms with Crippen LogP contribution < -0.4 is 5.73 Å². The summed E-state index contributed by atoms with van der Waals surface area (Å²) >= 11 is 0. The molecular weight excluding hydrogens is 313 g/mol. The highest BCUT2D eigenvalue weighted by molar-refractivity contribution is 5.99. The zero-order valence-electron chi connectivity index (χ0n) is 15.1. The standard InChI is InChI=1S/C12H15F3N2.C7H14/c1-3-17-8(2)10-4-9(7-16)5-11(6-10)12(13,14)15;1-3-5-7-6-4-2/h4-6H,3,7,16H2,1-2H3;5,7H,3-4,6H2,1-2H3. The summed E-state index contributed by atoms with van der Waals surface area (Å²) in [5.41, 5.74) is 6.24. The number of halogens is 3. The largest absolute Gasteiger partial charge is 0.416 e. The van der Waals surface area contributed by atoms with Crippen LogP contribution in [0.3, 0.4) is 0 Å². The molecule has 0 atom stereocenters. The summed E-state index contributed by atoms with van der Waals surface area (Å²) in [7, 11) is 0. The number of allylic oxidation sites excluding steroid dienone is 2. The van der Waals surface area contributed by atoms with Gasteiger partial charge in [-0.2, -0.15) is 13.2 Å². The third-order valence-corrected chi connectivity index (χ3v) is 3.23. The zero-order valence-corrected chi connectivity index (χ0v) is 15.1. The van der Waals surface area contributed by atoms with Crippen molar-refractivity contribution in [1.82, 2.24) is 0 Å². The molecule has 0 unspecified atom stereocenters. The highest BCUT2D eigenvalue weighted by atomic mass is 19.4. The van der Waals surface area contributed by atoms with Crippen LogP contribution >= 0.6 is 0 Å². The van der Waals surface area contributed by atoms with Gasteiger partial charge in [0, 0.05) is 18.8 Å². The highest BCUT2D eigenvalue weighted by Crippen LogP contribution is 2.30. The Balaban J connectivity index is 0.000000640. The molecule has 0 radical (unpaired) electrons. The summed E-state index contributed by atoms with van der Waals surface area (Å²) < 4.78 is 38.0. The van der Waals surface area contributed by atoms with Gasteiger partial charge in [-0.15, -0.1) is 0 Å². The third-order valence-electron chi connectivity index (χ3n) is 3.23. The van der Waals surface area contributed by atoms with Crippen LogP contribution in [0.25, 0.3) is 0 Å². The van der Waals surface area contributed by atoms with E-state index in [1.807, 2.05) is 6.92 Å². The van der Waals surface area contributed by atoms with E-state index in [-0.39, 0.29) is 6.54 Å². The van der Waals surface area contributed by atoms with Crippen molar-refractivity contribution in [2.24, 2.45) is 10.7 Å². The molecule has 2 N–H and O–H groups in total. The van der Waals surface area contributed by atoms with Gasteiger partial charge >= 0.3 is 6.18 Å². The molecule has 0 aliphatic carbocycles. The lowest BCUT2D eigenvalue weighted by Gasteiger charge is -2.11. The molecular formula is C19H29F3N2. The first-order chi connectivity index (χ1) is 11.3. The first-order valence-electron chi connectivity index (χ1n) is 8.37. The van der Waals surface area contributed by atoms with E-state index >= 15 is 0 Å². The lowest BCUT2D eigenvalue weighted by Crippen LogP contribution is -2.10. The monoisotopic (exact) mass is 342 g/mol. The van der Waals surface area contributed by atoms with E-state index in [2.05, 4.69) is 31.0 Å². The molecule has 0 bridgehead atoms. The molecule has 2 nitrogen and oxygen atoms in total. The van der Waals surface area contributed by atoms with Crippen molar-refractivity contribution in [1.29, 1.82) is 0 Å². The van der Waals surface area contributed by atoms with Crippen molar-refractivity contribution < 1.29 is 13.2 Å². The molecule has 0 saturated heterocycles. The Labute approximate surface area is 143 Å². The van der Waals surface area contributed by atoms with Gasteiger partial charge in [-0.1, -0.05) is 32.4 Å². The van der Waals surface area contributed by atoms with Gasteiger partial charge in [0.2, 0.25) is 0 Å². The smallest absolute Gasteiger partial charge is 0.326 e. The Morgan fingerprint density at radius 2 is 1.79 bits per heavy atom. The number of rotatable bonds is 6. The molecule has 0 aromatic heterocycles. The summed E-state index contributed by atoms with van der Waals surface area (Å²) in [6.45, 7) is 8.50. The number of nitrogens with zero attached hydrogens (tertiary/aromatic N) is 1. The SMILES string of the molecule is CCC=CCCC.CCN=C(C)c1cc(CN)cc(C(F)(F)F)c1. The Bertz CT molecular complexity index is 532. The molecule has 136 valence electrons. The average Bonchev–Trinajstić information content (AvgIpc) is 2.55. The molecule has 0 aliphatic rings. The van der Waals surface area contributed by atoms with E-state index in [9.17, 15) is 13.2 Å². The molecule has 1 aromatic carbocycles. The van der Waals surface area contributed by atoms with Crippen LogP contribution in [0.4, 0.5) is 13.2 Å².